The van der Waals surface area contributed by atoms with Gasteiger partial charge in [0.05, 0.1) is 19.8 Å². The van der Waals surface area contributed by atoms with Crippen molar-refractivity contribution in [3.8, 4) is 0 Å². The zero-order valence-electron chi connectivity index (χ0n) is 9.16. The molecular weight excluding hydrogens is 196 g/mol. The number of carbonyl (C=O) groups excluding carboxylic acids is 1. The van der Waals surface area contributed by atoms with Crippen molar-refractivity contribution in [1.82, 2.24) is 0 Å². The molecule has 2 fully saturated rings. The third-order valence-corrected chi connectivity index (χ3v) is 2.98. The number of hydrogen-bond acceptors (Lipinski definition) is 4. The van der Waals surface area contributed by atoms with Gasteiger partial charge in [-0.25, -0.2) is 0 Å². The molecule has 1 heterocycles. The summed E-state index contributed by atoms with van der Waals surface area (Å²) in [6.45, 7) is 3.86. The van der Waals surface area contributed by atoms with E-state index in [4.69, 9.17) is 14.2 Å². The Morgan fingerprint density at radius 3 is 2.67 bits per heavy atom. The van der Waals surface area contributed by atoms with Crippen LogP contribution in [0.15, 0.2) is 0 Å². The molecular formula is C11H18O4. The summed E-state index contributed by atoms with van der Waals surface area (Å²) >= 11 is 0. The smallest absolute Gasteiger partial charge is 0.306 e. The van der Waals surface area contributed by atoms with E-state index in [-0.39, 0.29) is 11.8 Å². The molecule has 0 radical (unpaired) electrons. The van der Waals surface area contributed by atoms with Crippen molar-refractivity contribution in [2.45, 2.75) is 38.4 Å². The maximum absolute atomic E-state index is 11.2. The van der Waals surface area contributed by atoms with Crippen molar-refractivity contribution >= 4 is 5.97 Å². The van der Waals surface area contributed by atoms with Gasteiger partial charge in [-0.2, -0.15) is 0 Å². The van der Waals surface area contributed by atoms with Crippen molar-refractivity contribution in [3.63, 3.8) is 0 Å². The Hall–Kier alpha value is -0.610. The molecule has 1 aliphatic heterocycles. The summed E-state index contributed by atoms with van der Waals surface area (Å²) in [6, 6.07) is 0. The fourth-order valence-electron chi connectivity index (χ4n) is 2.27. The summed E-state index contributed by atoms with van der Waals surface area (Å²) < 4.78 is 16.1. The largest absolute Gasteiger partial charge is 0.466 e. The van der Waals surface area contributed by atoms with Crippen LogP contribution in [-0.4, -0.2) is 31.6 Å². The van der Waals surface area contributed by atoms with Crippen molar-refractivity contribution < 1.29 is 19.0 Å². The molecule has 1 aliphatic carbocycles. The van der Waals surface area contributed by atoms with Crippen LogP contribution in [0.1, 0.15) is 32.6 Å². The predicted octanol–water partition coefficient (Wildman–Crippen LogP) is 1.48. The first-order valence-corrected chi connectivity index (χ1v) is 5.68. The van der Waals surface area contributed by atoms with Gasteiger partial charge >= 0.3 is 5.97 Å². The van der Waals surface area contributed by atoms with Crippen molar-refractivity contribution in [1.29, 1.82) is 0 Å². The normalized spacial score (nSPS) is 24.9. The summed E-state index contributed by atoms with van der Waals surface area (Å²) in [7, 11) is 0. The van der Waals surface area contributed by atoms with Crippen LogP contribution in [-0.2, 0) is 19.0 Å². The van der Waals surface area contributed by atoms with Crippen molar-refractivity contribution in [2.24, 2.45) is 5.92 Å². The Morgan fingerprint density at radius 1 is 1.40 bits per heavy atom. The molecule has 4 heteroatoms. The summed E-state index contributed by atoms with van der Waals surface area (Å²) in [5, 5.41) is 0. The molecule has 0 unspecified atom stereocenters. The lowest BCUT2D eigenvalue weighted by Gasteiger charge is -2.48. The van der Waals surface area contributed by atoms with Gasteiger partial charge in [-0.05, 0) is 19.3 Å². The molecule has 1 saturated heterocycles. The maximum atomic E-state index is 11.2. The summed E-state index contributed by atoms with van der Waals surface area (Å²) in [6.07, 6.45) is 3.16. The van der Waals surface area contributed by atoms with Crippen LogP contribution < -0.4 is 0 Å². The zero-order valence-corrected chi connectivity index (χ0v) is 9.16. The minimum absolute atomic E-state index is 0.104. The molecule has 2 rings (SSSR count). The summed E-state index contributed by atoms with van der Waals surface area (Å²) in [5.74, 6) is -0.0783. The van der Waals surface area contributed by atoms with E-state index in [9.17, 15) is 4.79 Å². The van der Waals surface area contributed by atoms with Gasteiger partial charge in [0.25, 0.3) is 0 Å². The topological polar surface area (TPSA) is 44.8 Å². The average molecular weight is 214 g/mol. The van der Waals surface area contributed by atoms with Crippen LogP contribution in [0.25, 0.3) is 0 Å². The van der Waals surface area contributed by atoms with E-state index in [0.717, 1.165) is 32.5 Å². The van der Waals surface area contributed by atoms with Crippen molar-refractivity contribution in [3.05, 3.63) is 0 Å². The van der Waals surface area contributed by atoms with E-state index in [2.05, 4.69) is 0 Å². The Kier molecular flexibility index (Phi) is 3.26. The number of esters is 1. The van der Waals surface area contributed by atoms with Crippen LogP contribution in [0.4, 0.5) is 0 Å². The lowest BCUT2D eigenvalue weighted by molar-refractivity contribution is -0.318. The van der Waals surface area contributed by atoms with Gasteiger partial charge in [0, 0.05) is 19.3 Å². The Bertz CT molecular complexity index is 225. The molecule has 4 nitrogen and oxygen atoms in total. The highest BCUT2D eigenvalue weighted by Gasteiger charge is 2.48. The lowest BCUT2D eigenvalue weighted by atomic mass is 9.76. The molecule has 0 aromatic carbocycles. The van der Waals surface area contributed by atoms with E-state index < -0.39 is 0 Å². The second-order valence-electron chi connectivity index (χ2n) is 4.24. The standard InChI is InChI=1S/C11H18O4/c1-2-13-10(12)6-9-7-11(8-9)14-4-3-5-15-11/h9H,2-8H2,1H3. The van der Waals surface area contributed by atoms with Crippen LogP contribution in [0, 0.1) is 5.92 Å². The fourth-order valence-corrected chi connectivity index (χ4v) is 2.27. The number of rotatable bonds is 3. The molecule has 0 atom stereocenters. The Morgan fingerprint density at radius 2 is 2.07 bits per heavy atom. The second kappa shape index (κ2) is 4.49. The van der Waals surface area contributed by atoms with E-state index >= 15 is 0 Å². The number of carbonyl (C=O) groups is 1. The first-order chi connectivity index (χ1) is 7.24. The molecule has 0 aromatic rings. The molecule has 0 bridgehead atoms. The second-order valence-corrected chi connectivity index (χ2v) is 4.24. The minimum atomic E-state index is -0.352. The molecule has 1 saturated carbocycles. The highest BCUT2D eigenvalue weighted by Crippen LogP contribution is 2.45. The van der Waals surface area contributed by atoms with E-state index in [1.807, 2.05) is 6.92 Å². The van der Waals surface area contributed by atoms with Crippen LogP contribution >= 0.6 is 0 Å². The van der Waals surface area contributed by atoms with Crippen LogP contribution in [0.3, 0.4) is 0 Å². The first kappa shape index (κ1) is 10.9. The van der Waals surface area contributed by atoms with Gasteiger partial charge in [-0.3, -0.25) is 4.79 Å². The predicted molar refractivity (Wildman–Crippen MR) is 53.2 cm³/mol. The SMILES string of the molecule is CCOC(=O)CC1CC2(C1)OCCCO2. The van der Waals surface area contributed by atoms with Crippen LogP contribution in [0.2, 0.25) is 0 Å². The maximum Gasteiger partial charge on any atom is 0.306 e. The third kappa shape index (κ3) is 2.49. The number of hydrogen-bond donors (Lipinski definition) is 0. The molecule has 0 aromatic heterocycles. The van der Waals surface area contributed by atoms with Gasteiger partial charge in [0.15, 0.2) is 5.79 Å². The molecule has 1 spiro atoms. The van der Waals surface area contributed by atoms with Gasteiger partial charge in [-0.1, -0.05) is 0 Å². The zero-order chi connectivity index (χ0) is 10.7. The molecule has 86 valence electrons. The lowest BCUT2D eigenvalue weighted by Crippen LogP contribution is -2.51. The molecule has 0 N–H and O–H groups in total. The Balaban J connectivity index is 1.70. The van der Waals surface area contributed by atoms with Gasteiger partial charge in [0.1, 0.15) is 0 Å². The Labute approximate surface area is 89.9 Å². The molecule has 0 amide bonds. The molecule has 15 heavy (non-hydrogen) atoms. The monoisotopic (exact) mass is 214 g/mol. The van der Waals surface area contributed by atoms with Gasteiger partial charge in [-0.15, -0.1) is 0 Å². The number of ether oxygens (including phenoxy) is 3. The van der Waals surface area contributed by atoms with E-state index in [1.54, 1.807) is 0 Å². The highest BCUT2D eigenvalue weighted by molar-refractivity contribution is 5.69. The van der Waals surface area contributed by atoms with E-state index in [1.165, 1.54) is 0 Å². The first-order valence-electron chi connectivity index (χ1n) is 5.68. The average Bonchev–Trinajstić information content (AvgIpc) is 2.17. The highest BCUT2D eigenvalue weighted by atomic mass is 16.7. The quantitative estimate of drug-likeness (QED) is 0.667. The minimum Gasteiger partial charge on any atom is -0.466 e. The van der Waals surface area contributed by atoms with Gasteiger partial charge in [0.2, 0.25) is 0 Å². The van der Waals surface area contributed by atoms with Crippen molar-refractivity contribution in [2.75, 3.05) is 19.8 Å². The van der Waals surface area contributed by atoms with E-state index in [0.29, 0.717) is 18.9 Å². The van der Waals surface area contributed by atoms with Crippen LogP contribution in [0.5, 0.6) is 0 Å². The molecule has 2 aliphatic rings. The summed E-state index contributed by atoms with van der Waals surface area (Å²) in [5.41, 5.74) is 0. The fraction of sp³-hybridized carbons (Fsp3) is 0.909. The summed E-state index contributed by atoms with van der Waals surface area (Å²) in [4.78, 5) is 11.2. The van der Waals surface area contributed by atoms with Gasteiger partial charge < -0.3 is 14.2 Å². The third-order valence-electron chi connectivity index (χ3n) is 2.98.